The molecule has 1 saturated heterocycles. The molecular formula is C46H56N10O7. The topological polar surface area (TPSA) is 201 Å². The molecule has 0 bridgehead atoms. The third kappa shape index (κ3) is 9.83. The highest BCUT2D eigenvalue weighted by atomic mass is 16.5. The molecule has 3 aliphatic rings. The van der Waals surface area contributed by atoms with Crippen LogP contribution in [-0.4, -0.2) is 90.8 Å². The van der Waals surface area contributed by atoms with Crippen molar-refractivity contribution in [2.24, 2.45) is 18.9 Å². The van der Waals surface area contributed by atoms with Gasteiger partial charge in [0.05, 0.1) is 22.8 Å². The molecule has 4 aromatic heterocycles. The maximum absolute atomic E-state index is 13.4. The monoisotopic (exact) mass is 860 g/mol. The van der Waals surface area contributed by atoms with Crippen molar-refractivity contribution in [1.82, 2.24) is 39.1 Å². The third-order valence-corrected chi connectivity index (χ3v) is 12.4. The zero-order valence-electron chi connectivity index (χ0n) is 36.2. The van der Waals surface area contributed by atoms with Gasteiger partial charge in [0.15, 0.2) is 5.69 Å². The van der Waals surface area contributed by atoms with E-state index in [1.54, 1.807) is 28.8 Å². The van der Waals surface area contributed by atoms with Gasteiger partial charge in [0, 0.05) is 70.7 Å². The smallest absolute Gasteiger partial charge is 0.329 e. The molecule has 1 aromatic carbocycles. The van der Waals surface area contributed by atoms with Crippen LogP contribution in [0.1, 0.15) is 105 Å². The van der Waals surface area contributed by atoms with E-state index >= 15 is 0 Å². The number of nitrogens with one attached hydrogen (secondary N) is 3. The number of ether oxygens (including phenoxy) is 1. The van der Waals surface area contributed by atoms with Crippen molar-refractivity contribution in [3.63, 3.8) is 0 Å². The number of oxazole rings is 1. The number of aryl methyl sites for hydroxylation is 2. The van der Waals surface area contributed by atoms with Crippen molar-refractivity contribution in [2.75, 3.05) is 44.0 Å². The predicted molar refractivity (Wildman–Crippen MR) is 237 cm³/mol. The number of amides is 4. The van der Waals surface area contributed by atoms with Crippen LogP contribution >= 0.6 is 0 Å². The van der Waals surface area contributed by atoms with E-state index in [0.29, 0.717) is 73.3 Å². The quantitative estimate of drug-likeness (QED) is 0.0700. The lowest BCUT2D eigenvalue weighted by atomic mass is 9.85. The van der Waals surface area contributed by atoms with Gasteiger partial charge in [-0.15, -0.1) is 0 Å². The van der Waals surface area contributed by atoms with Crippen molar-refractivity contribution < 1.29 is 28.3 Å². The second kappa shape index (κ2) is 18.9. The second-order valence-electron chi connectivity index (χ2n) is 17.2. The molecule has 0 spiro atoms. The molecule has 63 heavy (non-hydrogen) atoms. The fourth-order valence-electron chi connectivity index (χ4n) is 8.74. The Morgan fingerprint density at radius 1 is 1.05 bits per heavy atom. The number of piperidine rings is 1. The standard InChI is InChI=1S/C46H56N10O7/c1-28(2)40-34(49-42(58)35-27-63-44(50-35)32-19-20-47-38(24-32)48-25-29-11-12-29)26-55(52-40)33-15-13-31(14-16-33)45(60)53(3)21-7-23-62-22-6-9-30-8-5-10-36-41(30)54(4)46(61)56(36)37-17-18-39(57)51-43(37)59/h5,8,10,19-20,24,26-27,29,31,33,37H,1,6-7,9,11-18,21-23,25H2,2-4H3,(H,47,48)(H,49,58)(H,51,57,59). The highest BCUT2D eigenvalue weighted by Crippen LogP contribution is 2.35. The van der Waals surface area contributed by atoms with E-state index in [4.69, 9.17) is 14.3 Å². The number of fused-ring (bicyclic) bond motifs is 1. The minimum atomic E-state index is -0.722. The number of allylic oxidation sites excluding steroid dienone is 1. The predicted octanol–water partition coefficient (Wildman–Crippen LogP) is 5.90. The zero-order chi connectivity index (χ0) is 44.2. The first-order valence-electron chi connectivity index (χ1n) is 22.0. The van der Waals surface area contributed by atoms with Gasteiger partial charge in [0.25, 0.3) is 5.91 Å². The summed E-state index contributed by atoms with van der Waals surface area (Å²) in [6.45, 7) is 8.46. The summed E-state index contributed by atoms with van der Waals surface area (Å²) in [5, 5.41) is 13.5. The summed E-state index contributed by atoms with van der Waals surface area (Å²) >= 11 is 0. The number of imidazole rings is 1. The van der Waals surface area contributed by atoms with Gasteiger partial charge in [-0.1, -0.05) is 18.7 Å². The van der Waals surface area contributed by atoms with E-state index in [0.717, 1.165) is 61.1 Å². The van der Waals surface area contributed by atoms with Gasteiger partial charge in [-0.2, -0.15) is 5.10 Å². The number of benzene rings is 1. The first-order chi connectivity index (χ1) is 30.4. The number of nitrogens with zero attached hydrogens (tertiary/aromatic N) is 7. The Balaban J connectivity index is 0.768. The summed E-state index contributed by atoms with van der Waals surface area (Å²) in [7, 11) is 3.56. The normalized spacial score (nSPS) is 18.9. The molecule has 2 aliphatic carbocycles. The van der Waals surface area contributed by atoms with Crippen LogP contribution in [0.15, 0.2) is 64.8 Å². The molecule has 5 aromatic rings. The van der Waals surface area contributed by atoms with E-state index in [9.17, 15) is 24.0 Å². The largest absolute Gasteiger partial charge is 0.444 e. The fraction of sp³-hybridized carbons (Fsp3) is 0.478. The van der Waals surface area contributed by atoms with Gasteiger partial charge < -0.3 is 24.7 Å². The molecule has 17 heteroatoms. The van der Waals surface area contributed by atoms with Crippen LogP contribution in [0.5, 0.6) is 0 Å². The van der Waals surface area contributed by atoms with E-state index in [2.05, 4.69) is 32.5 Å². The van der Waals surface area contributed by atoms with E-state index < -0.39 is 17.9 Å². The SMILES string of the molecule is C=C(C)c1nn(C2CCC(C(=O)N(C)CCCOCCCc3cccc4c3n(C)c(=O)n4C3CCC(=O)NC3=O)CC2)cc1NC(=O)c1coc(-c2ccnc(NCC3CC3)c2)n1. The Bertz CT molecular complexity index is 2570. The van der Waals surface area contributed by atoms with Gasteiger partial charge in [0.2, 0.25) is 23.6 Å². The molecule has 1 aliphatic heterocycles. The molecule has 332 valence electrons. The number of carbonyl (C=O) groups excluding carboxylic acids is 4. The van der Waals surface area contributed by atoms with Crippen molar-refractivity contribution in [2.45, 2.75) is 89.6 Å². The van der Waals surface area contributed by atoms with Crippen LogP contribution in [0.3, 0.4) is 0 Å². The lowest BCUT2D eigenvalue weighted by molar-refractivity contribution is -0.136. The molecule has 2 saturated carbocycles. The van der Waals surface area contributed by atoms with Crippen LogP contribution < -0.4 is 21.6 Å². The number of anilines is 2. The zero-order valence-corrected chi connectivity index (χ0v) is 36.2. The number of pyridine rings is 1. The molecule has 17 nitrogen and oxygen atoms in total. The molecule has 8 rings (SSSR count). The van der Waals surface area contributed by atoms with Gasteiger partial charge in [0.1, 0.15) is 23.8 Å². The first-order valence-corrected chi connectivity index (χ1v) is 22.0. The molecule has 1 atom stereocenters. The summed E-state index contributed by atoms with van der Waals surface area (Å²) < 4.78 is 16.6. The van der Waals surface area contributed by atoms with Crippen molar-refractivity contribution in [1.29, 1.82) is 0 Å². The Kier molecular flexibility index (Phi) is 13.0. The summed E-state index contributed by atoms with van der Waals surface area (Å²) in [6.07, 6.45) is 13.0. The molecule has 0 radical (unpaired) electrons. The van der Waals surface area contributed by atoms with Crippen molar-refractivity contribution in [3.8, 4) is 11.5 Å². The first kappa shape index (κ1) is 43.3. The Hall–Kier alpha value is -6.36. The summed E-state index contributed by atoms with van der Waals surface area (Å²) in [4.78, 5) is 75.0. The van der Waals surface area contributed by atoms with Crippen LogP contribution in [0, 0.1) is 11.8 Å². The molecule has 3 fully saturated rings. The molecule has 4 amide bonds. The van der Waals surface area contributed by atoms with Gasteiger partial charge in [-0.3, -0.25) is 38.3 Å². The highest BCUT2D eigenvalue weighted by molar-refractivity contribution is 6.04. The molecule has 3 N–H and O–H groups in total. The molecule has 1 unspecified atom stereocenters. The Labute approximate surface area is 365 Å². The number of imide groups is 1. The Morgan fingerprint density at radius 3 is 2.60 bits per heavy atom. The second-order valence-corrected chi connectivity index (χ2v) is 17.2. The maximum atomic E-state index is 13.4. The van der Waals surface area contributed by atoms with E-state index in [1.165, 1.54) is 23.7 Å². The maximum Gasteiger partial charge on any atom is 0.329 e. The summed E-state index contributed by atoms with van der Waals surface area (Å²) in [6, 6.07) is 8.73. The lowest BCUT2D eigenvalue weighted by Crippen LogP contribution is -2.44. The Morgan fingerprint density at radius 2 is 1.84 bits per heavy atom. The number of hydrogen-bond donors (Lipinski definition) is 3. The van der Waals surface area contributed by atoms with Gasteiger partial charge in [-0.25, -0.2) is 14.8 Å². The average molecular weight is 861 g/mol. The number of carbonyl (C=O) groups is 4. The third-order valence-electron chi connectivity index (χ3n) is 12.4. The van der Waals surface area contributed by atoms with E-state index in [1.807, 2.05) is 49.1 Å². The van der Waals surface area contributed by atoms with Crippen LogP contribution in [0.4, 0.5) is 11.5 Å². The minimum Gasteiger partial charge on any atom is -0.444 e. The number of rotatable bonds is 18. The average Bonchev–Trinajstić information content (AvgIpc) is 3.68. The molecular weight excluding hydrogens is 805 g/mol. The van der Waals surface area contributed by atoms with Crippen LogP contribution in [-0.2, 0) is 32.6 Å². The molecule has 5 heterocycles. The van der Waals surface area contributed by atoms with Crippen LogP contribution in [0.25, 0.3) is 28.1 Å². The summed E-state index contributed by atoms with van der Waals surface area (Å²) in [5.41, 5.74) is 4.88. The lowest BCUT2D eigenvalue weighted by Gasteiger charge is -2.30. The van der Waals surface area contributed by atoms with Gasteiger partial charge >= 0.3 is 5.69 Å². The van der Waals surface area contributed by atoms with Crippen molar-refractivity contribution in [3.05, 3.63) is 83.0 Å². The van der Waals surface area contributed by atoms with Crippen LogP contribution in [0.2, 0.25) is 0 Å². The number of para-hydroxylation sites is 1. The van der Waals surface area contributed by atoms with E-state index in [-0.39, 0.29) is 41.6 Å². The minimum absolute atomic E-state index is 0.0714. The number of hydrogen-bond acceptors (Lipinski definition) is 11. The fourth-order valence-corrected chi connectivity index (χ4v) is 8.74. The highest BCUT2D eigenvalue weighted by Gasteiger charge is 2.33. The summed E-state index contributed by atoms with van der Waals surface area (Å²) in [5.74, 6) is 0.650. The van der Waals surface area contributed by atoms with Crippen molar-refractivity contribution >= 4 is 51.7 Å². The number of aromatic nitrogens is 6. The van der Waals surface area contributed by atoms with Gasteiger partial charge in [-0.05, 0) is 106 Å².